The van der Waals surface area contributed by atoms with Gasteiger partial charge in [0.15, 0.2) is 0 Å². The molecule has 2 aromatic rings. The molecule has 7 heteroatoms. The van der Waals surface area contributed by atoms with Crippen molar-refractivity contribution >= 4 is 29.0 Å². The van der Waals surface area contributed by atoms with E-state index in [0.29, 0.717) is 5.92 Å². The van der Waals surface area contributed by atoms with Gasteiger partial charge in [0, 0.05) is 48.8 Å². The monoisotopic (exact) mass is 431 g/mol. The molecule has 0 atom stereocenters. The standard InChI is InChI=1S/C22H29N3O2S2/c1-17-23-19(15-28-17)16-29-21-5-3-2-4-20(21)22(26)25-8-6-18(7-9-25)14-24-10-12-27-13-11-24/h2-5,15,18H,6-14,16H2,1H3. The van der Waals surface area contributed by atoms with Crippen molar-refractivity contribution in [2.75, 3.05) is 45.9 Å². The average molecular weight is 432 g/mol. The van der Waals surface area contributed by atoms with E-state index in [1.54, 1.807) is 23.1 Å². The first-order chi connectivity index (χ1) is 14.2. The second-order valence-corrected chi connectivity index (χ2v) is 9.87. The number of carbonyl (C=O) groups is 1. The summed E-state index contributed by atoms with van der Waals surface area (Å²) in [5.74, 6) is 1.66. The minimum Gasteiger partial charge on any atom is -0.379 e. The lowest BCUT2D eigenvalue weighted by atomic mass is 9.95. The number of hydrogen-bond acceptors (Lipinski definition) is 6. The zero-order chi connectivity index (χ0) is 20.1. The highest BCUT2D eigenvalue weighted by Crippen LogP contribution is 2.29. The van der Waals surface area contributed by atoms with E-state index >= 15 is 0 Å². The number of likely N-dealkylation sites (tertiary alicyclic amines) is 1. The molecule has 2 aliphatic rings. The van der Waals surface area contributed by atoms with Crippen molar-refractivity contribution in [1.29, 1.82) is 0 Å². The van der Waals surface area contributed by atoms with Crippen LogP contribution in [0.25, 0.3) is 0 Å². The summed E-state index contributed by atoms with van der Waals surface area (Å²) in [5.41, 5.74) is 1.92. The fourth-order valence-corrected chi connectivity index (χ4v) is 5.69. The van der Waals surface area contributed by atoms with Gasteiger partial charge in [-0.15, -0.1) is 23.1 Å². The van der Waals surface area contributed by atoms with Crippen LogP contribution in [0.4, 0.5) is 0 Å². The average Bonchev–Trinajstić information content (AvgIpc) is 3.18. The van der Waals surface area contributed by atoms with E-state index in [9.17, 15) is 4.79 Å². The van der Waals surface area contributed by atoms with E-state index in [1.807, 2.05) is 30.0 Å². The molecule has 0 spiro atoms. The number of rotatable bonds is 6. The molecular weight excluding hydrogens is 402 g/mol. The Balaban J connectivity index is 1.32. The highest BCUT2D eigenvalue weighted by Gasteiger charge is 2.26. The van der Waals surface area contributed by atoms with E-state index in [1.165, 1.54) is 0 Å². The lowest BCUT2D eigenvalue weighted by molar-refractivity contribution is 0.0242. The highest BCUT2D eigenvalue weighted by molar-refractivity contribution is 7.98. The summed E-state index contributed by atoms with van der Waals surface area (Å²) in [4.78, 5) is 23.4. The lowest BCUT2D eigenvalue weighted by Gasteiger charge is -2.36. The second-order valence-electron chi connectivity index (χ2n) is 7.79. The first-order valence-electron chi connectivity index (χ1n) is 10.4. The molecule has 1 aromatic heterocycles. The van der Waals surface area contributed by atoms with Crippen molar-refractivity contribution in [1.82, 2.24) is 14.8 Å². The maximum atomic E-state index is 13.2. The van der Waals surface area contributed by atoms with E-state index in [2.05, 4.69) is 21.3 Å². The molecule has 0 unspecified atom stereocenters. The highest BCUT2D eigenvalue weighted by atomic mass is 32.2. The van der Waals surface area contributed by atoms with E-state index in [4.69, 9.17) is 4.74 Å². The van der Waals surface area contributed by atoms with Gasteiger partial charge in [0.1, 0.15) is 0 Å². The van der Waals surface area contributed by atoms with Crippen LogP contribution in [0.3, 0.4) is 0 Å². The Kier molecular flexibility index (Phi) is 7.24. The van der Waals surface area contributed by atoms with Gasteiger partial charge in [-0.3, -0.25) is 9.69 Å². The summed E-state index contributed by atoms with van der Waals surface area (Å²) in [6.07, 6.45) is 2.19. The summed E-state index contributed by atoms with van der Waals surface area (Å²) in [5, 5.41) is 3.19. The van der Waals surface area contributed by atoms with E-state index in [0.717, 1.165) is 85.7 Å². The molecule has 0 saturated carbocycles. The van der Waals surface area contributed by atoms with Crippen molar-refractivity contribution in [2.45, 2.75) is 30.4 Å². The molecule has 3 heterocycles. The number of piperidine rings is 1. The Morgan fingerprint density at radius 2 is 1.97 bits per heavy atom. The van der Waals surface area contributed by atoms with Crippen LogP contribution in [0.15, 0.2) is 34.5 Å². The molecule has 156 valence electrons. The Morgan fingerprint density at radius 3 is 2.69 bits per heavy atom. The van der Waals surface area contributed by atoms with Crippen LogP contribution in [0.1, 0.15) is 33.9 Å². The molecule has 0 N–H and O–H groups in total. The Morgan fingerprint density at radius 1 is 1.21 bits per heavy atom. The number of aromatic nitrogens is 1. The molecular formula is C22H29N3O2S2. The number of nitrogens with zero attached hydrogens (tertiary/aromatic N) is 3. The summed E-state index contributed by atoms with van der Waals surface area (Å²) >= 11 is 3.38. The Hall–Kier alpha value is -1.41. The molecule has 0 bridgehead atoms. The molecule has 2 aliphatic heterocycles. The quantitative estimate of drug-likeness (QED) is 0.649. The van der Waals surface area contributed by atoms with Crippen molar-refractivity contribution in [2.24, 2.45) is 5.92 Å². The Bertz CT molecular complexity index is 812. The minimum atomic E-state index is 0.174. The largest absolute Gasteiger partial charge is 0.379 e. The van der Waals surface area contributed by atoms with Crippen molar-refractivity contribution in [3.05, 3.63) is 45.9 Å². The van der Waals surface area contributed by atoms with Crippen LogP contribution < -0.4 is 0 Å². The fraction of sp³-hybridized carbons (Fsp3) is 0.545. The third-order valence-electron chi connectivity index (χ3n) is 5.68. The van der Waals surface area contributed by atoms with Gasteiger partial charge < -0.3 is 9.64 Å². The molecule has 2 fully saturated rings. The van der Waals surface area contributed by atoms with Crippen LogP contribution >= 0.6 is 23.1 Å². The van der Waals surface area contributed by atoms with Gasteiger partial charge in [-0.05, 0) is 37.8 Å². The molecule has 5 nitrogen and oxygen atoms in total. The van der Waals surface area contributed by atoms with Gasteiger partial charge in [-0.1, -0.05) is 12.1 Å². The summed E-state index contributed by atoms with van der Waals surface area (Å²) in [6.45, 7) is 8.68. The normalized spacial score (nSPS) is 18.9. The maximum Gasteiger partial charge on any atom is 0.254 e. The molecule has 0 aliphatic carbocycles. The van der Waals surface area contributed by atoms with Crippen molar-refractivity contribution < 1.29 is 9.53 Å². The third kappa shape index (κ3) is 5.60. The number of thioether (sulfide) groups is 1. The number of amides is 1. The third-order valence-corrected chi connectivity index (χ3v) is 7.61. The number of benzene rings is 1. The molecule has 2 saturated heterocycles. The summed E-state index contributed by atoms with van der Waals surface area (Å²) in [6, 6.07) is 8.01. The van der Waals surface area contributed by atoms with Gasteiger partial charge in [-0.2, -0.15) is 0 Å². The molecule has 0 radical (unpaired) electrons. The number of thiazole rings is 1. The lowest BCUT2D eigenvalue weighted by Crippen LogP contribution is -2.44. The summed E-state index contributed by atoms with van der Waals surface area (Å²) in [7, 11) is 0. The van der Waals surface area contributed by atoms with Crippen LogP contribution in [-0.4, -0.2) is 66.6 Å². The zero-order valence-electron chi connectivity index (χ0n) is 17.0. The van der Waals surface area contributed by atoms with E-state index < -0.39 is 0 Å². The molecule has 4 rings (SSSR count). The first kappa shape index (κ1) is 20.8. The SMILES string of the molecule is Cc1nc(CSc2ccccc2C(=O)N2CCC(CN3CCOCC3)CC2)cs1. The van der Waals surface area contributed by atoms with Gasteiger partial charge in [0.05, 0.1) is 29.5 Å². The first-order valence-corrected chi connectivity index (χ1v) is 12.3. The van der Waals surface area contributed by atoms with Crippen LogP contribution in [-0.2, 0) is 10.5 Å². The molecule has 1 aromatic carbocycles. The van der Waals surface area contributed by atoms with Crippen molar-refractivity contribution in [3.8, 4) is 0 Å². The second kappa shape index (κ2) is 10.1. The van der Waals surface area contributed by atoms with Crippen LogP contribution in [0.2, 0.25) is 0 Å². The predicted molar refractivity (Wildman–Crippen MR) is 119 cm³/mol. The van der Waals surface area contributed by atoms with Gasteiger partial charge in [-0.25, -0.2) is 4.98 Å². The number of aryl methyl sites for hydroxylation is 1. The number of hydrogen-bond donors (Lipinski definition) is 0. The Labute approximate surface area is 181 Å². The molecule has 1 amide bonds. The maximum absolute atomic E-state index is 13.2. The summed E-state index contributed by atoms with van der Waals surface area (Å²) < 4.78 is 5.45. The van der Waals surface area contributed by atoms with Crippen LogP contribution in [0.5, 0.6) is 0 Å². The molecule has 29 heavy (non-hydrogen) atoms. The number of ether oxygens (including phenoxy) is 1. The van der Waals surface area contributed by atoms with E-state index in [-0.39, 0.29) is 5.91 Å². The van der Waals surface area contributed by atoms with Crippen molar-refractivity contribution in [3.63, 3.8) is 0 Å². The number of carbonyl (C=O) groups excluding carboxylic acids is 1. The van der Waals surface area contributed by atoms with Gasteiger partial charge >= 0.3 is 0 Å². The van der Waals surface area contributed by atoms with Gasteiger partial charge in [0.25, 0.3) is 5.91 Å². The fourth-order valence-electron chi connectivity index (χ4n) is 4.03. The smallest absolute Gasteiger partial charge is 0.254 e. The number of morpholine rings is 1. The van der Waals surface area contributed by atoms with Gasteiger partial charge in [0.2, 0.25) is 0 Å². The topological polar surface area (TPSA) is 45.7 Å². The zero-order valence-corrected chi connectivity index (χ0v) is 18.6. The van der Waals surface area contributed by atoms with Crippen LogP contribution in [0, 0.1) is 12.8 Å². The predicted octanol–water partition coefficient (Wildman–Crippen LogP) is 3.93. The minimum absolute atomic E-state index is 0.174.